The van der Waals surface area contributed by atoms with Crippen LogP contribution in [0.5, 0.6) is 0 Å². The van der Waals surface area contributed by atoms with E-state index in [1.807, 2.05) is 13.8 Å². The number of amidine groups is 1. The van der Waals surface area contributed by atoms with E-state index in [1.54, 1.807) is 14.2 Å². The van der Waals surface area contributed by atoms with Crippen molar-refractivity contribution in [1.82, 2.24) is 4.90 Å². The van der Waals surface area contributed by atoms with Crippen LogP contribution in [0.15, 0.2) is 5.16 Å². The summed E-state index contributed by atoms with van der Waals surface area (Å²) in [7, 11) is 3.24. The van der Waals surface area contributed by atoms with Crippen LogP contribution in [0.25, 0.3) is 0 Å². The minimum atomic E-state index is -0.591. The average Bonchev–Trinajstić information content (AvgIpc) is 2.24. The SMILES string of the molecule is COCCN(C)C(=O)C(C(N)=NO)C(C)C. The van der Waals surface area contributed by atoms with Gasteiger partial charge < -0.3 is 20.6 Å². The summed E-state index contributed by atoms with van der Waals surface area (Å²) >= 11 is 0. The smallest absolute Gasteiger partial charge is 0.233 e. The topological polar surface area (TPSA) is 88.2 Å². The molecule has 0 heterocycles. The normalized spacial score (nSPS) is 13.9. The van der Waals surface area contributed by atoms with Gasteiger partial charge in [0.2, 0.25) is 5.91 Å². The Labute approximate surface area is 96.0 Å². The van der Waals surface area contributed by atoms with E-state index in [-0.39, 0.29) is 17.7 Å². The summed E-state index contributed by atoms with van der Waals surface area (Å²) in [4.78, 5) is 13.5. The zero-order valence-electron chi connectivity index (χ0n) is 10.3. The second kappa shape index (κ2) is 7.05. The van der Waals surface area contributed by atoms with E-state index < -0.39 is 5.92 Å². The molecule has 1 amide bonds. The molecule has 0 aliphatic rings. The van der Waals surface area contributed by atoms with Gasteiger partial charge in [0, 0.05) is 20.7 Å². The molecular weight excluding hydrogens is 210 g/mol. The summed E-state index contributed by atoms with van der Waals surface area (Å²) in [5, 5.41) is 11.5. The lowest BCUT2D eigenvalue weighted by molar-refractivity contribution is -0.133. The average molecular weight is 231 g/mol. The van der Waals surface area contributed by atoms with Crippen LogP contribution < -0.4 is 5.73 Å². The molecule has 0 saturated heterocycles. The van der Waals surface area contributed by atoms with Gasteiger partial charge in [0.15, 0.2) is 5.84 Å². The third kappa shape index (κ3) is 4.06. The monoisotopic (exact) mass is 231 g/mol. The van der Waals surface area contributed by atoms with Crippen molar-refractivity contribution < 1.29 is 14.7 Å². The van der Waals surface area contributed by atoms with E-state index in [0.717, 1.165) is 0 Å². The van der Waals surface area contributed by atoms with Crippen LogP contribution in [0.1, 0.15) is 13.8 Å². The summed E-state index contributed by atoms with van der Waals surface area (Å²) in [6.45, 7) is 4.65. The number of nitrogens with zero attached hydrogens (tertiary/aromatic N) is 2. The van der Waals surface area contributed by atoms with Crippen molar-refractivity contribution in [3.8, 4) is 0 Å². The van der Waals surface area contributed by atoms with Gasteiger partial charge in [-0.25, -0.2) is 0 Å². The van der Waals surface area contributed by atoms with Crippen molar-refractivity contribution in [2.75, 3.05) is 27.3 Å². The number of ether oxygens (including phenoxy) is 1. The summed E-state index contributed by atoms with van der Waals surface area (Å²) in [6.07, 6.45) is 0. The first kappa shape index (κ1) is 14.7. The Morgan fingerprint density at radius 3 is 2.50 bits per heavy atom. The molecule has 1 atom stereocenters. The lowest BCUT2D eigenvalue weighted by atomic mass is 9.93. The van der Waals surface area contributed by atoms with E-state index in [9.17, 15) is 4.79 Å². The molecule has 3 N–H and O–H groups in total. The molecule has 0 aromatic carbocycles. The quantitative estimate of drug-likeness (QED) is 0.294. The lowest BCUT2D eigenvalue weighted by Gasteiger charge is -2.25. The van der Waals surface area contributed by atoms with Gasteiger partial charge in [-0.15, -0.1) is 0 Å². The van der Waals surface area contributed by atoms with E-state index >= 15 is 0 Å². The van der Waals surface area contributed by atoms with Gasteiger partial charge in [-0.2, -0.15) is 0 Å². The van der Waals surface area contributed by atoms with Crippen molar-refractivity contribution in [2.45, 2.75) is 13.8 Å². The van der Waals surface area contributed by atoms with Crippen LogP contribution in [0.3, 0.4) is 0 Å². The number of methoxy groups -OCH3 is 1. The minimum Gasteiger partial charge on any atom is -0.409 e. The molecule has 0 rings (SSSR count). The fourth-order valence-electron chi connectivity index (χ4n) is 1.39. The Morgan fingerprint density at radius 2 is 2.12 bits per heavy atom. The molecule has 94 valence electrons. The number of oxime groups is 1. The number of nitrogens with two attached hydrogens (primary N) is 1. The van der Waals surface area contributed by atoms with E-state index in [0.29, 0.717) is 13.2 Å². The molecule has 6 nitrogen and oxygen atoms in total. The lowest BCUT2D eigenvalue weighted by Crippen LogP contribution is -2.43. The molecule has 0 aliphatic heterocycles. The Hall–Kier alpha value is -1.30. The molecule has 16 heavy (non-hydrogen) atoms. The highest BCUT2D eigenvalue weighted by atomic mass is 16.5. The molecular formula is C10H21N3O3. The maximum absolute atomic E-state index is 12.0. The maximum atomic E-state index is 12.0. The molecule has 1 unspecified atom stereocenters. The molecule has 0 aliphatic carbocycles. The van der Waals surface area contributed by atoms with Crippen LogP contribution in [-0.2, 0) is 9.53 Å². The standard InChI is InChI=1S/C10H21N3O3/c1-7(2)8(9(11)12-15)10(14)13(3)5-6-16-4/h7-8,15H,5-6H2,1-4H3,(H2,11,12). The van der Waals surface area contributed by atoms with Gasteiger partial charge in [-0.1, -0.05) is 19.0 Å². The molecule has 0 spiro atoms. The third-order valence-electron chi connectivity index (χ3n) is 2.37. The molecule has 0 fully saturated rings. The first-order valence-corrected chi connectivity index (χ1v) is 5.17. The van der Waals surface area contributed by atoms with Crippen molar-refractivity contribution >= 4 is 11.7 Å². The molecule has 0 bridgehead atoms. The number of hydrogen-bond acceptors (Lipinski definition) is 4. The van der Waals surface area contributed by atoms with Crippen molar-refractivity contribution in [2.24, 2.45) is 22.7 Å². The maximum Gasteiger partial charge on any atom is 0.233 e. The van der Waals surface area contributed by atoms with Crippen LogP contribution in [0.4, 0.5) is 0 Å². The summed E-state index contributed by atoms with van der Waals surface area (Å²) < 4.78 is 4.88. The number of carbonyl (C=O) groups is 1. The van der Waals surface area contributed by atoms with Crippen LogP contribution in [0, 0.1) is 11.8 Å². The highest BCUT2D eigenvalue weighted by molar-refractivity contribution is 6.02. The number of likely N-dealkylation sites (N-methyl/N-ethyl adjacent to an activating group) is 1. The molecule has 0 saturated carbocycles. The fraction of sp³-hybridized carbons (Fsp3) is 0.800. The zero-order valence-corrected chi connectivity index (χ0v) is 10.3. The van der Waals surface area contributed by atoms with Gasteiger partial charge in [-0.3, -0.25) is 4.79 Å². The van der Waals surface area contributed by atoms with Gasteiger partial charge >= 0.3 is 0 Å². The Kier molecular flexibility index (Phi) is 6.48. The van der Waals surface area contributed by atoms with Crippen LogP contribution in [0.2, 0.25) is 0 Å². The predicted molar refractivity (Wildman–Crippen MR) is 61.2 cm³/mol. The number of rotatable bonds is 6. The molecule has 0 radical (unpaired) electrons. The highest BCUT2D eigenvalue weighted by Crippen LogP contribution is 2.14. The number of amides is 1. The van der Waals surface area contributed by atoms with Crippen LogP contribution >= 0.6 is 0 Å². The minimum absolute atomic E-state index is 0.0200. The van der Waals surface area contributed by atoms with E-state index in [1.165, 1.54) is 4.90 Å². The molecule has 0 aromatic rings. The third-order valence-corrected chi connectivity index (χ3v) is 2.37. The zero-order chi connectivity index (χ0) is 12.7. The van der Waals surface area contributed by atoms with E-state index in [2.05, 4.69) is 5.16 Å². The van der Waals surface area contributed by atoms with Crippen molar-refractivity contribution in [1.29, 1.82) is 0 Å². The van der Waals surface area contributed by atoms with Gasteiger partial charge in [-0.05, 0) is 5.92 Å². The highest BCUT2D eigenvalue weighted by Gasteiger charge is 2.29. The van der Waals surface area contributed by atoms with Crippen molar-refractivity contribution in [3.05, 3.63) is 0 Å². The molecule has 6 heteroatoms. The predicted octanol–water partition coefficient (Wildman–Crippen LogP) is 0.110. The summed E-state index contributed by atoms with van der Waals surface area (Å²) in [6, 6.07) is 0. The van der Waals surface area contributed by atoms with E-state index in [4.69, 9.17) is 15.7 Å². The Bertz CT molecular complexity index is 254. The fourth-order valence-corrected chi connectivity index (χ4v) is 1.39. The summed E-state index contributed by atoms with van der Waals surface area (Å²) in [5.41, 5.74) is 5.51. The van der Waals surface area contributed by atoms with Gasteiger partial charge in [0.1, 0.15) is 5.92 Å². The second-order valence-electron chi connectivity index (χ2n) is 4.00. The second-order valence-corrected chi connectivity index (χ2v) is 4.00. The van der Waals surface area contributed by atoms with Crippen molar-refractivity contribution in [3.63, 3.8) is 0 Å². The summed E-state index contributed by atoms with van der Waals surface area (Å²) in [5.74, 6) is -0.827. The first-order chi connectivity index (χ1) is 7.45. The first-order valence-electron chi connectivity index (χ1n) is 5.17. The number of hydrogen-bond donors (Lipinski definition) is 2. The largest absolute Gasteiger partial charge is 0.409 e. The van der Waals surface area contributed by atoms with Gasteiger partial charge in [0.25, 0.3) is 0 Å². The molecule has 0 aromatic heterocycles. The van der Waals surface area contributed by atoms with Crippen LogP contribution in [-0.4, -0.2) is 49.2 Å². The Balaban J connectivity index is 4.62. The Morgan fingerprint density at radius 1 is 1.56 bits per heavy atom. The van der Waals surface area contributed by atoms with Gasteiger partial charge in [0.05, 0.1) is 6.61 Å². The number of carbonyl (C=O) groups excluding carboxylic acids is 1.